The van der Waals surface area contributed by atoms with Crippen molar-refractivity contribution >= 4 is 74.9 Å². The Morgan fingerprint density at radius 2 is 1.08 bits per heavy atom. The van der Waals surface area contributed by atoms with E-state index in [2.05, 4.69) is 156 Å². The predicted octanol–water partition coefficient (Wildman–Crippen LogP) is 12.6. The monoisotopic (exact) mass is 680 g/mol. The van der Waals surface area contributed by atoms with Crippen LogP contribution in [0.25, 0.3) is 103 Å². The smallest absolute Gasteiger partial charge is 0.164 e. The van der Waals surface area contributed by atoms with Gasteiger partial charge in [-0.25, -0.2) is 15.0 Å². The Hall–Kier alpha value is -6.69. The summed E-state index contributed by atoms with van der Waals surface area (Å²) in [5, 5.41) is 9.71. The van der Waals surface area contributed by atoms with Gasteiger partial charge in [0.1, 0.15) is 0 Å². The summed E-state index contributed by atoms with van der Waals surface area (Å²) in [5.41, 5.74) is 6.48. The minimum absolute atomic E-state index is 0.659. The van der Waals surface area contributed by atoms with Gasteiger partial charge in [-0.15, -0.1) is 11.3 Å². The van der Waals surface area contributed by atoms with Crippen molar-refractivity contribution in [3.05, 3.63) is 170 Å². The first kappa shape index (κ1) is 29.1. The van der Waals surface area contributed by atoms with E-state index in [4.69, 9.17) is 15.0 Å². The third-order valence-electron chi connectivity index (χ3n) is 10.2. The molecule has 0 N–H and O–H groups in total. The molecule has 4 nitrogen and oxygen atoms in total. The SMILES string of the molecule is c1ccc(-c2nc(-c3ccc4ccccc4c3)nc(-c3cccc4sc5cc(-n6c7ccccc7c7cc8ccccc8cc76)ccc5c34)n2)cc1. The molecule has 3 aromatic heterocycles. The van der Waals surface area contributed by atoms with E-state index < -0.39 is 0 Å². The van der Waals surface area contributed by atoms with Crippen molar-refractivity contribution in [3.63, 3.8) is 0 Å². The first-order valence-corrected chi connectivity index (χ1v) is 18.3. The first-order chi connectivity index (χ1) is 25.7. The Balaban J connectivity index is 1.12. The van der Waals surface area contributed by atoms with Crippen molar-refractivity contribution in [2.24, 2.45) is 0 Å². The van der Waals surface area contributed by atoms with E-state index >= 15 is 0 Å². The highest BCUT2D eigenvalue weighted by Crippen LogP contribution is 2.42. The lowest BCUT2D eigenvalue weighted by Crippen LogP contribution is -2.00. The van der Waals surface area contributed by atoms with Gasteiger partial charge in [-0.3, -0.25) is 0 Å². The molecule has 0 saturated heterocycles. The highest BCUT2D eigenvalue weighted by Gasteiger charge is 2.19. The molecule has 0 atom stereocenters. The summed E-state index contributed by atoms with van der Waals surface area (Å²) < 4.78 is 4.83. The van der Waals surface area contributed by atoms with Gasteiger partial charge in [0.15, 0.2) is 17.5 Å². The summed E-state index contributed by atoms with van der Waals surface area (Å²) in [6.45, 7) is 0. The zero-order chi connectivity index (χ0) is 34.2. The Kier molecular flexibility index (Phi) is 6.39. The van der Waals surface area contributed by atoms with Crippen LogP contribution in [0, 0.1) is 0 Å². The van der Waals surface area contributed by atoms with Gasteiger partial charge in [0.25, 0.3) is 0 Å². The lowest BCUT2D eigenvalue weighted by Gasteiger charge is -2.11. The molecule has 11 aromatic rings. The van der Waals surface area contributed by atoms with Crippen molar-refractivity contribution in [1.82, 2.24) is 19.5 Å². The normalized spacial score (nSPS) is 11.8. The van der Waals surface area contributed by atoms with Gasteiger partial charge in [0.2, 0.25) is 0 Å². The minimum atomic E-state index is 0.659. The molecule has 8 aromatic carbocycles. The molecule has 0 radical (unpaired) electrons. The molecule has 0 aliphatic carbocycles. The van der Waals surface area contributed by atoms with Gasteiger partial charge in [0, 0.05) is 53.3 Å². The molecule has 0 aliphatic heterocycles. The van der Waals surface area contributed by atoms with Crippen LogP contribution >= 0.6 is 11.3 Å². The topological polar surface area (TPSA) is 43.6 Å². The number of fused-ring (bicyclic) bond motifs is 8. The first-order valence-electron chi connectivity index (χ1n) is 17.4. The Morgan fingerprint density at radius 3 is 1.92 bits per heavy atom. The average molecular weight is 681 g/mol. The second kappa shape index (κ2) is 11.4. The number of hydrogen-bond donors (Lipinski definition) is 0. The molecular formula is C47H28N4S. The molecule has 3 heterocycles. The van der Waals surface area contributed by atoms with E-state index in [1.165, 1.54) is 52.8 Å². The number of aromatic nitrogens is 4. The molecule has 0 aliphatic rings. The number of hydrogen-bond acceptors (Lipinski definition) is 4. The predicted molar refractivity (Wildman–Crippen MR) is 218 cm³/mol. The lowest BCUT2D eigenvalue weighted by molar-refractivity contribution is 1.08. The number of thiophene rings is 1. The summed E-state index contributed by atoms with van der Waals surface area (Å²) in [7, 11) is 0. The van der Waals surface area contributed by atoms with Crippen molar-refractivity contribution in [1.29, 1.82) is 0 Å². The van der Waals surface area contributed by atoms with Gasteiger partial charge in [0.05, 0.1) is 11.0 Å². The van der Waals surface area contributed by atoms with Gasteiger partial charge in [-0.05, 0) is 64.0 Å². The van der Waals surface area contributed by atoms with Gasteiger partial charge < -0.3 is 4.57 Å². The highest BCUT2D eigenvalue weighted by molar-refractivity contribution is 7.26. The minimum Gasteiger partial charge on any atom is -0.309 e. The second-order valence-electron chi connectivity index (χ2n) is 13.3. The van der Waals surface area contributed by atoms with Gasteiger partial charge >= 0.3 is 0 Å². The van der Waals surface area contributed by atoms with Gasteiger partial charge in [-0.1, -0.05) is 127 Å². The standard InChI is InChI=1S/C47H28N4S/c1-2-12-30(13-3-1)45-48-46(34-22-21-29-11-4-5-14-31(29)25-34)50-47(49-45)38-18-10-20-42-44(38)37-24-23-35(28-43(37)52-42)51-40-19-9-8-17-36(40)39-26-32-15-6-7-16-33(32)27-41(39)51/h1-28H. The van der Waals surface area contributed by atoms with E-state index in [1.807, 2.05) is 29.5 Å². The fourth-order valence-corrected chi connectivity index (χ4v) is 8.91. The molecule has 0 fully saturated rings. The highest BCUT2D eigenvalue weighted by atomic mass is 32.1. The van der Waals surface area contributed by atoms with E-state index in [0.717, 1.165) is 33.2 Å². The number of para-hydroxylation sites is 1. The number of nitrogens with zero attached hydrogens (tertiary/aromatic N) is 4. The average Bonchev–Trinajstić information content (AvgIpc) is 3.74. The van der Waals surface area contributed by atoms with Crippen LogP contribution < -0.4 is 0 Å². The molecule has 52 heavy (non-hydrogen) atoms. The molecule has 242 valence electrons. The van der Waals surface area contributed by atoms with Crippen LogP contribution in [0.4, 0.5) is 0 Å². The summed E-state index contributed by atoms with van der Waals surface area (Å²) in [4.78, 5) is 15.3. The quantitative estimate of drug-likeness (QED) is 0.186. The van der Waals surface area contributed by atoms with E-state index in [-0.39, 0.29) is 0 Å². The third-order valence-corrected chi connectivity index (χ3v) is 11.3. The summed E-state index contributed by atoms with van der Waals surface area (Å²) in [5.74, 6) is 1.99. The molecule has 0 unspecified atom stereocenters. The molecule has 0 saturated carbocycles. The number of rotatable bonds is 4. The second-order valence-corrected chi connectivity index (χ2v) is 14.3. The maximum absolute atomic E-state index is 5.17. The molecule has 0 spiro atoms. The Bertz CT molecular complexity index is 3190. The lowest BCUT2D eigenvalue weighted by atomic mass is 10.0. The summed E-state index contributed by atoms with van der Waals surface area (Å²) in [6, 6.07) is 60.4. The van der Waals surface area contributed by atoms with Crippen molar-refractivity contribution < 1.29 is 0 Å². The number of benzene rings is 8. The maximum Gasteiger partial charge on any atom is 0.164 e. The molecular weight excluding hydrogens is 653 g/mol. The Morgan fingerprint density at radius 1 is 0.385 bits per heavy atom. The van der Waals surface area contributed by atoms with Gasteiger partial charge in [-0.2, -0.15) is 0 Å². The summed E-state index contributed by atoms with van der Waals surface area (Å²) in [6.07, 6.45) is 0. The molecule has 5 heteroatoms. The van der Waals surface area contributed by atoms with E-state index in [0.29, 0.717) is 17.5 Å². The zero-order valence-electron chi connectivity index (χ0n) is 27.9. The third kappa shape index (κ3) is 4.57. The van der Waals surface area contributed by atoms with Crippen molar-refractivity contribution in [2.45, 2.75) is 0 Å². The van der Waals surface area contributed by atoms with Crippen LogP contribution in [0.1, 0.15) is 0 Å². The maximum atomic E-state index is 5.17. The van der Waals surface area contributed by atoms with Crippen LogP contribution in [-0.4, -0.2) is 19.5 Å². The van der Waals surface area contributed by atoms with Crippen LogP contribution in [0.2, 0.25) is 0 Å². The summed E-state index contributed by atoms with van der Waals surface area (Å²) >= 11 is 1.81. The fraction of sp³-hybridized carbons (Fsp3) is 0. The fourth-order valence-electron chi connectivity index (χ4n) is 7.74. The molecule has 0 bridgehead atoms. The van der Waals surface area contributed by atoms with Crippen LogP contribution in [-0.2, 0) is 0 Å². The van der Waals surface area contributed by atoms with Crippen LogP contribution in [0.3, 0.4) is 0 Å². The molecule has 11 rings (SSSR count). The zero-order valence-corrected chi connectivity index (χ0v) is 28.7. The Labute approximate surface area is 302 Å². The van der Waals surface area contributed by atoms with Crippen molar-refractivity contribution in [3.8, 4) is 39.9 Å². The van der Waals surface area contributed by atoms with E-state index in [1.54, 1.807) is 0 Å². The van der Waals surface area contributed by atoms with Crippen LogP contribution in [0.15, 0.2) is 170 Å². The van der Waals surface area contributed by atoms with Crippen LogP contribution in [0.5, 0.6) is 0 Å². The van der Waals surface area contributed by atoms with E-state index in [9.17, 15) is 0 Å². The largest absolute Gasteiger partial charge is 0.309 e. The molecule has 0 amide bonds. The van der Waals surface area contributed by atoms with Crippen molar-refractivity contribution in [2.75, 3.05) is 0 Å².